The van der Waals surface area contributed by atoms with Crippen molar-refractivity contribution in [3.8, 4) is 12.3 Å². The number of terminal acetylenes is 1. The second-order valence-electron chi connectivity index (χ2n) is 2.85. The minimum absolute atomic E-state index is 0.0959. The summed E-state index contributed by atoms with van der Waals surface area (Å²) in [7, 11) is 1.27. The molecule has 0 aromatic heterocycles. The van der Waals surface area contributed by atoms with Gasteiger partial charge in [0.1, 0.15) is 0 Å². The van der Waals surface area contributed by atoms with Crippen LogP contribution in [-0.2, 0) is 9.47 Å². The number of hydrogen-bond acceptors (Lipinski definition) is 4. The number of benzene rings is 1. The normalized spacial score (nSPS) is 9.00. The molecule has 1 aromatic carbocycles. The first kappa shape index (κ1) is 11.8. The van der Waals surface area contributed by atoms with Crippen molar-refractivity contribution in [3.63, 3.8) is 0 Å². The molecule has 1 aromatic rings. The molecule has 0 atom stereocenters. The summed E-state index contributed by atoms with van der Waals surface area (Å²) in [5.74, 6) is 1.11. The van der Waals surface area contributed by atoms with E-state index in [1.54, 1.807) is 12.1 Å². The average molecular weight is 218 g/mol. The molecule has 0 radical (unpaired) electrons. The number of esters is 2. The number of carbonyl (C=O) groups is 2. The van der Waals surface area contributed by atoms with Gasteiger partial charge in [-0.3, -0.25) is 0 Å². The lowest BCUT2D eigenvalue weighted by Crippen LogP contribution is -2.08. The summed E-state index contributed by atoms with van der Waals surface area (Å²) in [5, 5.41) is 0. The lowest BCUT2D eigenvalue weighted by molar-refractivity contribution is 0.0556. The molecule has 0 unspecified atom stereocenters. The van der Waals surface area contributed by atoms with Crippen molar-refractivity contribution in [2.24, 2.45) is 0 Å². The van der Waals surface area contributed by atoms with Crippen molar-refractivity contribution in [3.05, 3.63) is 35.4 Å². The molecule has 0 fully saturated rings. The van der Waals surface area contributed by atoms with E-state index in [1.165, 1.54) is 19.2 Å². The van der Waals surface area contributed by atoms with Gasteiger partial charge in [0.2, 0.25) is 0 Å². The Labute approximate surface area is 93.2 Å². The molecule has 16 heavy (non-hydrogen) atoms. The maximum atomic E-state index is 11.4. The largest absolute Gasteiger partial charge is 0.465 e. The fraction of sp³-hybridized carbons (Fsp3) is 0.167. The van der Waals surface area contributed by atoms with E-state index in [0.717, 1.165) is 0 Å². The van der Waals surface area contributed by atoms with Gasteiger partial charge in [-0.25, -0.2) is 9.59 Å². The fourth-order valence-corrected chi connectivity index (χ4v) is 1.08. The average Bonchev–Trinajstić information content (AvgIpc) is 2.35. The van der Waals surface area contributed by atoms with Gasteiger partial charge >= 0.3 is 11.9 Å². The Morgan fingerprint density at radius 1 is 1.31 bits per heavy atom. The van der Waals surface area contributed by atoms with Gasteiger partial charge in [-0.15, -0.1) is 6.42 Å². The molecule has 0 saturated heterocycles. The Bertz CT molecular complexity index is 443. The first-order valence-corrected chi connectivity index (χ1v) is 4.48. The highest BCUT2D eigenvalue weighted by molar-refractivity contribution is 5.95. The third-order valence-electron chi connectivity index (χ3n) is 1.81. The maximum absolute atomic E-state index is 11.4. The van der Waals surface area contributed by atoms with E-state index in [0.29, 0.717) is 0 Å². The molecule has 0 aliphatic rings. The van der Waals surface area contributed by atoms with Crippen LogP contribution in [0.1, 0.15) is 20.7 Å². The third-order valence-corrected chi connectivity index (χ3v) is 1.81. The van der Waals surface area contributed by atoms with Gasteiger partial charge in [0.25, 0.3) is 0 Å². The molecule has 0 spiro atoms. The van der Waals surface area contributed by atoms with E-state index in [2.05, 4.69) is 10.7 Å². The Morgan fingerprint density at radius 3 is 2.50 bits per heavy atom. The van der Waals surface area contributed by atoms with Crippen LogP contribution in [0.25, 0.3) is 0 Å². The molecule has 0 aliphatic carbocycles. The van der Waals surface area contributed by atoms with Crippen LogP contribution in [-0.4, -0.2) is 25.7 Å². The zero-order valence-corrected chi connectivity index (χ0v) is 8.73. The Morgan fingerprint density at radius 2 is 1.94 bits per heavy atom. The molecule has 1 rings (SSSR count). The van der Waals surface area contributed by atoms with Crippen LogP contribution in [0.5, 0.6) is 0 Å². The van der Waals surface area contributed by atoms with Crippen molar-refractivity contribution < 1.29 is 19.1 Å². The third kappa shape index (κ3) is 2.85. The second kappa shape index (κ2) is 5.56. The number of ether oxygens (including phenoxy) is 2. The number of carbonyl (C=O) groups excluding carboxylic acids is 2. The van der Waals surface area contributed by atoms with Crippen LogP contribution in [0, 0.1) is 12.3 Å². The SMILES string of the molecule is C#CCOC(=O)c1cccc(C(=O)OC)c1. The summed E-state index contributed by atoms with van der Waals surface area (Å²) in [5.41, 5.74) is 0.552. The lowest BCUT2D eigenvalue weighted by atomic mass is 10.1. The van der Waals surface area contributed by atoms with Crippen molar-refractivity contribution in [1.29, 1.82) is 0 Å². The van der Waals surface area contributed by atoms with Gasteiger partial charge in [-0.05, 0) is 18.2 Å². The van der Waals surface area contributed by atoms with Crippen molar-refractivity contribution in [1.82, 2.24) is 0 Å². The highest BCUT2D eigenvalue weighted by Crippen LogP contribution is 2.07. The highest BCUT2D eigenvalue weighted by Gasteiger charge is 2.10. The summed E-state index contributed by atoms with van der Waals surface area (Å²) in [6.45, 7) is -0.0959. The van der Waals surface area contributed by atoms with Crippen LogP contribution in [0.4, 0.5) is 0 Å². The second-order valence-corrected chi connectivity index (χ2v) is 2.85. The van der Waals surface area contributed by atoms with E-state index in [1.807, 2.05) is 0 Å². The van der Waals surface area contributed by atoms with Crippen LogP contribution >= 0.6 is 0 Å². The molecule has 0 heterocycles. The summed E-state index contributed by atoms with van der Waals surface area (Å²) < 4.78 is 9.25. The van der Waals surface area contributed by atoms with Crippen molar-refractivity contribution >= 4 is 11.9 Å². The van der Waals surface area contributed by atoms with E-state index in [4.69, 9.17) is 11.2 Å². The fourth-order valence-electron chi connectivity index (χ4n) is 1.08. The topological polar surface area (TPSA) is 52.6 Å². The van der Waals surface area contributed by atoms with Crippen molar-refractivity contribution in [2.45, 2.75) is 0 Å². The summed E-state index contributed by atoms with van der Waals surface area (Å²) in [4.78, 5) is 22.6. The smallest absolute Gasteiger partial charge is 0.339 e. The molecule has 82 valence electrons. The van der Waals surface area contributed by atoms with Gasteiger partial charge < -0.3 is 9.47 Å². The first-order chi connectivity index (χ1) is 7.69. The van der Waals surface area contributed by atoms with Gasteiger partial charge in [0.05, 0.1) is 18.2 Å². The molecule has 0 saturated carbocycles. The predicted octanol–water partition coefficient (Wildman–Crippen LogP) is 1.26. The Kier molecular flexibility index (Phi) is 4.10. The van der Waals surface area contributed by atoms with Gasteiger partial charge in [0, 0.05) is 0 Å². The van der Waals surface area contributed by atoms with E-state index >= 15 is 0 Å². The highest BCUT2D eigenvalue weighted by atomic mass is 16.5. The minimum Gasteiger partial charge on any atom is -0.465 e. The number of hydrogen-bond donors (Lipinski definition) is 0. The molecule has 4 nitrogen and oxygen atoms in total. The Balaban J connectivity index is 2.86. The maximum Gasteiger partial charge on any atom is 0.339 e. The first-order valence-electron chi connectivity index (χ1n) is 4.48. The van der Waals surface area contributed by atoms with Crippen LogP contribution in [0.15, 0.2) is 24.3 Å². The molecule has 4 heteroatoms. The van der Waals surface area contributed by atoms with E-state index in [-0.39, 0.29) is 17.7 Å². The molecule has 0 N–H and O–H groups in total. The summed E-state index contributed by atoms with van der Waals surface area (Å²) in [6.07, 6.45) is 4.95. The van der Waals surface area contributed by atoms with Crippen LogP contribution in [0.3, 0.4) is 0 Å². The monoisotopic (exact) mass is 218 g/mol. The molecule has 0 bridgehead atoms. The standard InChI is InChI=1S/C12H10O4/c1-3-7-16-12(14)10-6-4-5-9(8-10)11(13)15-2/h1,4-6,8H,7H2,2H3. The number of methoxy groups -OCH3 is 1. The quantitative estimate of drug-likeness (QED) is 0.566. The zero-order valence-electron chi connectivity index (χ0n) is 8.73. The van der Waals surface area contributed by atoms with Crippen LogP contribution < -0.4 is 0 Å². The molecule has 0 aliphatic heterocycles. The molecular formula is C12H10O4. The van der Waals surface area contributed by atoms with Crippen molar-refractivity contribution in [2.75, 3.05) is 13.7 Å². The van der Waals surface area contributed by atoms with Gasteiger partial charge in [-0.1, -0.05) is 12.0 Å². The van der Waals surface area contributed by atoms with Gasteiger partial charge in [0.15, 0.2) is 6.61 Å². The predicted molar refractivity (Wildman–Crippen MR) is 56.9 cm³/mol. The van der Waals surface area contributed by atoms with E-state index < -0.39 is 11.9 Å². The van der Waals surface area contributed by atoms with Crippen LogP contribution in [0.2, 0.25) is 0 Å². The van der Waals surface area contributed by atoms with Gasteiger partial charge in [-0.2, -0.15) is 0 Å². The summed E-state index contributed by atoms with van der Waals surface area (Å²) >= 11 is 0. The minimum atomic E-state index is -0.566. The summed E-state index contributed by atoms with van der Waals surface area (Å²) in [6, 6.07) is 6.04. The Hall–Kier alpha value is -2.28. The molecule has 0 amide bonds. The number of rotatable bonds is 3. The molecular weight excluding hydrogens is 208 g/mol. The van der Waals surface area contributed by atoms with E-state index in [9.17, 15) is 9.59 Å². The zero-order chi connectivity index (χ0) is 12.0. The lowest BCUT2D eigenvalue weighted by Gasteiger charge is -2.03.